The second-order valence-electron chi connectivity index (χ2n) is 8.63. The molecule has 4 heterocycles. The Morgan fingerprint density at radius 1 is 1.10 bits per heavy atom. The lowest BCUT2D eigenvalue weighted by Crippen LogP contribution is -2.46. The molecule has 0 radical (unpaired) electrons. The highest BCUT2D eigenvalue weighted by Gasteiger charge is 2.22. The van der Waals surface area contributed by atoms with E-state index in [4.69, 9.17) is 5.41 Å². The zero-order valence-electron chi connectivity index (χ0n) is 18.0. The van der Waals surface area contributed by atoms with Crippen molar-refractivity contribution in [2.45, 2.75) is 25.9 Å². The van der Waals surface area contributed by atoms with Crippen LogP contribution in [0.1, 0.15) is 16.9 Å². The Hall–Kier alpha value is -2.42. The van der Waals surface area contributed by atoms with Gasteiger partial charge in [0, 0.05) is 50.7 Å². The number of aromatic nitrogens is 2. The molecule has 0 atom stereocenters. The number of fused-ring (bicyclic) bond motifs is 3. The minimum atomic E-state index is 0.362. The average molecular weight is 439 g/mol. The second kappa shape index (κ2) is 8.61. The van der Waals surface area contributed by atoms with Gasteiger partial charge in [-0.3, -0.25) is 10.3 Å². The summed E-state index contributed by atoms with van der Waals surface area (Å²) in [5.41, 5.74) is 2.91. The third kappa shape index (κ3) is 4.07. The number of phenols is 1. The summed E-state index contributed by atoms with van der Waals surface area (Å²) in [7, 11) is 2.16. The predicted octanol–water partition coefficient (Wildman–Crippen LogP) is 2.48. The fourth-order valence-electron chi connectivity index (χ4n) is 4.75. The number of anilines is 1. The number of aryl methyl sites for hydroxylation is 1. The Labute approximate surface area is 186 Å². The molecule has 0 saturated carbocycles. The second-order valence-corrected chi connectivity index (χ2v) is 9.71. The number of nitrogens with zero attached hydrogens (tertiary/aromatic N) is 5. The predicted molar refractivity (Wildman–Crippen MR) is 125 cm³/mol. The summed E-state index contributed by atoms with van der Waals surface area (Å²) in [5.74, 6) is 0.362. The summed E-state index contributed by atoms with van der Waals surface area (Å²) in [6.45, 7) is 7.72. The first-order chi connectivity index (χ1) is 15.1. The van der Waals surface area contributed by atoms with Gasteiger partial charge in [-0.25, -0.2) is 4.98 Å². The molecule has 8 heteroatoms. The number of likely N-dealkylation sites (N-methyl/N-ethyl adjacent to an activating group) is 1. The first-order valence-corrected chi connectivity index (χ1v) is 11.9. The summed E-state index contributed by atoms with van der Waals surface area (Å²) < 4.78 is 2.02. The minimum absolute atomic E-state index is 0.362. The Morgan fingerprint density at radius 2 is 1.90 bits per heavy atom. The zero-order chi connectivity index (χ0) is 21.4. The summed E-state index contributed by atoms with van der Waals surface area (Å²) >= 11 is 1.76. The van der Waals surface area contributed by atoms with Crippen molar-refractivity contribution < 1.29 is 5.11 Å². The molecule has 0 aliphatic carbocycles. The molecular formula is C23H30N6OS. The first kappa shape index (κ1) is 20.5. The van der Waals surface area contributed by atoms with Crippen LogP contribution in [0.4, 0.5) is 5.69 Å². The topological polar surface area (TPSA) is 71.6 Å². The van der Waals surface area contributed by atoms with Crippen LogP contribution in [0.5, 0.6) is 5.75 Å². The van der Waals surface area contributed by atoms with E-state index in [0.717, 1.165) is 81.1 Å². The van der Waals surface area contributed by atoms with E-state index in [1.165, 1.54) is 10.4 Å². The molecule has 164 valence electrons. The van der Waals surface area contributed by atoms with Crippen LogP contribution < -0.4 is 10.4 Å². The Morgan fingerprint density at radius 3 is 2.71 bits per heavy atom. The van der Waals surface area contributed by atoms with E-state index in [0.29, 0.717) is 11.2 Å². The zero-order valence-corrected chi connectivity index (χ0v) is 18.9. The van der Waals surface area contributed by atoms with Crippen LogP contribution in [0.3, 0.4) is 0 Å². The third-order valence-electron chi connectivity index (χ3n) is 6.54. The van der Waals surface area contributed by atoms with Gasteiger partial charge >= 0.3 is 0 Å². The average Bonchev–Trinajstić information content (AvgIpc) is 3.14. The number of rotatable bonds is 5. The number of nitrogens with one attached hydrogen (secondary N) is 1. The van der Waals surface area contributed by atoms with Crippen LogP contribution in [0.25, 0.3) is 10.2 Å². The molecule has 2 aliphatic heterocycles. The van der Waals surface area contributed by atoms with E-state index >= 15 is 0 Å². The van der Waals surface area contributed by atoms with Gasteiger partial charge in [0.25, 0.3) is 0 Å². The lowest BCUT2D eigenvalue weighted by Gasteiger charge is -2.36. The molecule has 2 aliphatic rings. The van der Waals surface area contributed by atoms with Crippen molar-refractivity contribution in [3.05, 3.63) is 46.5 Å². The molecule has 0 amide bonds. The van der Waals surface area contributed by atoms with Crippen molar-refractivity contribution in [1.29, 1.82) is 5.41 Å². The standard InChI is InChI=1S/C23H30N6OS/c1-26-10-7-17-20(15-26)31-23-21(17)22(24)29(16-25-23)9-4-8-27-11-13-28(14-12-27)18-5-2-3-6-19(18)30/h2-3,5-6,16,24,30H,4,7-15H2,1H3. The van der Waals surface area contributed by atoms with Crippen molar-refractivity contribution >= 4 is 27.2 Å². The molecule has 0 bridgehead atoms. The van der Waals surface area contributed by atoms with Gasteiger partial charge in [0.2, 0.25) is 0 Å². The molecule has 1 aromatic carbocycles. The largest absolute Gasteiger partial charge is 0.506 e. The maximum absolute atomic E-state index is 10.1. The molecule has 1 saturated heterocycles. The SMILES string of the molecule is CN1CCc2c(sc3ncn(CCCN4CCN(c5ccccc5O)CC4)c(=N)c23)C1. The number of hydrogen-bond acceptors (Lipinski definition) is 7. The van der Waals surface area contributed by atoms with E-state index in [1.54, 1.807) is 17.4 Å². The van der Waals surface area contributed by atoms with Gasteiger partial charge in [0.05, 0.1) is 17.4 Å². The number of hydrogen-bond donors (Lipinski definition) is 2. The molecule has 0 unspecified atom stereocenters. The third-order valence-corrected chi connectivity index (χ3v) is 7.66. The van der Waals surface area contributed by atoms with Gasteiger partial charge in [-0.1, -0.05) is 12.1 Å². The minimum Gasteiger partial charge on any atom is -0.506 e. The lowest BCUT2D eigenvalue weighted by atomic mass is 10.1. The number of thiophene rings is 1. The molecular weight excluding hydrogens is 408 g/mol. The van der Waals surface area contributed by atoms with Crippen LogP contribution in [-0.2, 0) is 19.5 Å². The van der Waals surface area contributed by atoms with Crippen LogP contribution in [0.15, 0.2) is 30.6 Å². The van der Waals surface area contributed by atoms with Crippen LogP contribution in [0.2, 0.25) is 0 Å². The maximum Gasteiger partial charge on any atom is 0.138 e. The van der Waals surface area contributed by atoms with Crippen molar-refractivity contribution in [2.24, 2.45) is 0 Å². The number of benzene rings is 1. The van der Waals surface area contributed by atoms with E-state index in [1.807, 2.05) is 29.1 Å². The highest BCUT2D eigenvalue weighted by molar-refractivity contribution is 7.18. The van der Waals surface area contributed by atoms with Gasteiger partial charge < -0.3 is 19.5 Å². The van der Waals surface area contributed by atoms with Gasteiger partial charge in [-0.15, -0.1) is 11.3 Å². The van der Waals surface area contributed by atoms with Gasteiger partial charge in [0.15, 0.2) is 0 Å². The summed E-state index contributed by atoms with van der Waals surface area (Å²) in [5, 5.41) is 19.9. The Bertz CT molecular complexity index is 1130. The van der Waals surface area contributed by atoms with Gasteiger partial charge in [-0.05, 0) is 44.1 Å². The smallest absolute Gasteiger partial charge is 0.138 e. The summed E-state index contributed by atoms with van der Waals surface area (Å²) in [4.78, 5) is 14.2. The maximum atomic E-state index is 10.1. The molecule has 2 N–H and O–H groups in total. The number of piperazine rings is 1. The van der Waals surface area contributed by atoms with E-state index in [9.17, 15) is 5.11 Å². The number of aromatic hydroxyl groups is 1. The number of para-hydroxylation sites is 2. The molecule has 3 aromatic rings. The molecule has 5 rings (SSSR count). The van der Waals surface area contributed by atoms with E-state index in [2.05, 4.69) is 26.7 Å². The monoisotopic (exact) mass is 438 g/mol. The molecule has 0 spiro atoms. The molecule has 1 fully saturated rings. The van der Waals surface area contributed by atoms with Crippen LogP contribution >= 0.6 is 11.3 Å². The quantitative estimate of drug-likeness (QED) is 0.640. The van der Waals surface area contributed by atoms with Crippen molar-refractivity contribution in [1.82, 2.24) is 19.4 Å². The Kier molecular flexibility index (Phi) is 5.69. The van der Waals surface area contributed by atoms with Crippen LogP contribution in [-0.4, -0.2) is 70.8 Å². The van der Waals surface area contributed by atoms with Crippen LogP contribution in [0, 0.1) is 5.41 Å². The fourth-order valence-corrected chi connectivity index (χ4v) is 6.02. The highest BCUT2D eigenvalue weighted by Crippen LogP contribution is 2.31. The molecule has 31 heavy (non-hydrogen) atoms. The fraction of sp³-hybridized carbons (Fsp3) is 0.478. The van der Waals surface area contributed by atoms with Crippen molar-refractivity contribution in [3.8, 4) is 5.75 Å². The molecule has 7 nitrogen and oxygen atoms in total. The van der Waals surface area contributed by atoms with Gasteiger partial charge in [0.1, 0.15) is 16.1 Å². The van der Waals surface area contributed by atoms with E-state index in [-0.39, 0.29) is 0 Å². The van der Waals surface area contributed by atoms with E-state index < -0.39 is 0 Å². The first-order valence-electron chi connectivity index (χ1n) is 11.1. The normalized spacial score (nSPS) is 17.9. The molecule has 2 aromatic heterocycles. The highest BCUT2D eigenvalue weighted by atomic mass is 32.1. The Balaban J connectivity index is 1.19. The van der Waals surface area contributed by atoms with Gasteiger partial charge in [-0.2, -0.15) is 0 Å². The van der Waals surface area contributed by atoms with Crippen molar-refractivity contribution in [2.75, 3.05) is 51.2 Å². The lowest BCUT2D eigenvalue weighted by molar-refractivity contribution is 0.249. The van der Waals surface area contributed by atoms with Crippen molar-refractivity contribution in [3.63, 3.8) is 0 Å². The summed E-state index contributed by atoms with van der Waals surface area (Å²) in [6, 6.07) is 7.58. The summed E-state index contributed by atoms with van der Waals surface area (Å²) in [6.07, 6.45) is 3.88. The number of phenolic OH excluding ortho intramolecular Hbond substituents is 1.